The number of aromatic amines is 1. The second-order valence-electron chi connectivity index (χ2n) is 6.02. The Morgan fingerprint density at radius 3 is 3.05 bits per heavy atom. The van der Waals surface area contributed by atoms with Gasteiger partial charge in [-0.05, 0) is 37.8 Å². The highest BCUT2D eigenvalue weighted by atomic mass is 16.5. The van der Waals surface area contributed by atoms with Crippen molar-refractivity contribution in [1.29, 1.82) is 0 Å². The zero-order valence-electron chi connectivity index (χ0n) is 12.3. The maximum atomic E-state index is 12.6. The van der Waals surface area contributed by atoms with Crippen molar-refractivity contribution in [1.82, 2.24) is 9.88 Å². The summed E-state index contributed by atoms with van der Waals surface area (Å²) in [4.78, 5) is 18.1. The Bertz CT molecular complexity index is 685. The zero-order valence-corrected chi connectivity index (χ0v) is 12.3. The van der Waals surface area contributed by atoms with Gasteiger partial charge in [-0.2, -0.15) is 0 Å². The molecule has 0 spiro atoms. The SMILES string of the molecule is CC1c2[nH]c3ccccc3c2CCN1C(=O)C1CCCO1. The standard InChI is InChI=1S/C17H20N2O2/c1-11-16-13(12-5-2-3-6-14(12)18-16)8-9-19(11)17(20)15-7-4-10-21-15/h2-3,5-6,11,15,18H,4,7-10H2,1H3. The minimum absolute atomic E-state index is 0.0952. The predicted octanol–water partition coefficient (Wildman–Crippen LogP) is 2.79. The zero-order chi connectivity index (χ0) is 14.4. The van der Waals surface area contributed by atoms with Crippen molar-refractivity contribution in [2.75, 3.05) is 13.2 Å². The summed E-state index contributed by atoms with van der Waals surface area (Å²) in [5.74, 6) is 0.157. The van der Waals surface area contributed by atoms with Crippen LogP contribution in [0.4, 0.5) is 0 Å². The maximum absolute atomic E-state index is 12.6. The molecule has 1 fully saturated rings. The molecular formula is C17H20N2O2. The topological polar surface area (TPSA) is 45.3 Å². The van der Waals surface area contributed by atoms with Crippen LogP contribution in [0.5, 0.6) is 0 Å². The number of carbonyl (C=O) groups is 1. The molecule has 2 aliphatic rings. The number of carbonyl (C=O) groups excluding carboxylic acids is 1. The minimum atomic E-state index is -0.224. The fraction of sp³-hybridized carbons (Fsp3) is 0.471. The predicted molar refractivity (Wildman–Crippen MR) is 81.1 cm³/mol. The molecule has 3 heterocycles. The van der Waals surface area contributed by atoms with Gasteiger partial charge in [0.1, 0.15) is 6.10 Å². The van der Waals surface area contributed by atoms with Crippen molar-refractivity contribution >= 4 is 16.8 Å². The van der Waals surface area contributed by atoms with Gasteiger partial charge < -0.3 is 14.6 Å². The maximum Gasteiger partial charge on any atom is 0.252 e. The van der Waals surface area contributed by atoms with Gasteiger partial charge in [-0.15, -0.1) is 0 Å². The first-order valence-electron chi connectivity index (χ1n) is 7.77. The monoisotopic (exact) mass is 284 g/mol. The quantitative estimate of drug-likeness (QED) is 0.875. The first-order valence-corrected chi connectivity index (χ1v) is 7.77. The van der Waals surface area contributed by atoms with Crippen LogP contribution in [0.1, 0.15) is 37.1 Å². The van der Waals surface area contributed by atoms with E-state index in [1.807, 2.05) is 11.0 Å². The lowest BCUT2D eigenvalue weighted by molar-refractivity contribution is -0.143. The molecule has 1 N–H and O–H groups in total. The number of ether oxygens (including phenoxy) is 1. The van der Waals surface area contributed by atoms with Crippen LogP contribution in [-0.2, 0) is 16.0 Å². The normalized spacial score (nSPS) is 25.3. The summed E-state index contributed by atoms with van der Waals surface area (Å²) in [5, 5.41) is 1.29. The lowest BCUT2D eigenvalue weighted by Gasteiger charge is -2.35. The Hall–Kier alpha value is -1.81. The molecule has 110 valence electrons. The van der Waals surface area contributed by atoms with Crippen LogP contribution in [0.3, 0.4) is 0 Å². The smallest absolute Gasteiger partial charge is 0.252 e. The summed E-state index contributed by atoms with van der Waals surface area (Å²) >= 11 is 0. The first kappa shape index (κ1) is 12.9. The summed E-state index contributed by atoms with van der Waals surface area (Å²) in [6.07, 6.45) is 2.55. The fourth-order valence-electron chi connectivity index (χ4n) is 3.69. The molecule has 21 heavy (non-hydrogen) atoms. The minimum Gasteiger partial charge on any atom is -0.368 e. The van der Waals surface area contributed by atoms with Crippen LogP contribution in [0.25, 0.3) is 10.9 Å². The second kappa shape index (κ2) is 4.88. The molecule has 2 atom stereocenters. The number of amides is 1. The van der Waals surface area contributed by atoms with E-state index in [2.05, 4.69) is 30.1 Å². The highest BCUT2D eigenvalue weighted by molar-refractivity contribution is 5.87. The van der Waals surface area contributed by atoms with Gasteiger partial charge in [0.05, 0.1) is 6.04 Å². The fourth-order valence-corrected chi connectivity index (χ4v) is 3.69. The molecule has 4 nitrogen and oxygen atoms in total. The molecule has 1 amide bonds. The summed E-state index contributed by atoms with van der Waals surface area (Å²) in [5.41, 5.74) is 3.73. The number of hydrogen-bond donors (Lipinski definition) is 1. The molecule has 1 saturated heterocycles. The van der Waals surface area contributed by atoms with Crippen LogP contribution in [-0.4, -0.2) is 35.0 Å². The van der Waals surface area contributed by atoms with Crippen LogP contribution >= 0.6 is 0 Å². The molecule has 2 aromatic rings. The van der Waals surface area contributed by atoms with Gasteiger partial charge in [0.15, 0.2) is 0 Å². The van der Waals surface area contributed by atoms with Gasteiger partial charge in [-0.3, -0.25) is 4.79 Å². The Morgan fingerprint density at radius 1 is 1.38 bits per heavy atom. The number of para-hydroxylation sites is 1. The van der Waals surface area contributed by atoms with E-state index in [4.69, 9.17) is 4.74 Å². The number of benzene rings is 1. The lowest BCUT2D eigenvalue weighted by Crippen LogP contribution is -2.44. The summed E-state index contributed by atoms with van der Waals surface area (Å²) < 4.78 is 5.56. The number of rotatable bonds is 1. The van der Waals surface area contributed by atoms with Gasteiger partial charge in [-0.25, -0.2) is 0 Å². The van der Waals surface area contributed by atoms with Crippen molar-refractivity contribution in [3.63, 3.8) is 0 Å². The van der Waals surface area contributed by atoms with Crippen molar-refractivity contribution in [3.8, 4) is 0 Å². The third-order valence-electron chi connectivity index (χ3n) is 4.82. The number of fused-ring (bicyclic) bond motifs is 3. The Morgan fingerprint density at radius 2 is 2.24 bits per heavy atom. The van der Waals surface area contributed by atoms with Crippen LogP contribution in [0.2, 0.25) is 0 Å². The molecule has 0 radical (unpaired) electrons. The van der Waals surface area contributed by atoms with Gasteiger partial charge >= 0.3 is 0 Å². The van der Waals surface area contributed by atoms with Crippen molar-refractivity contribution in [2.24, 2.45) is 0 Å². The highest BCUT2D eigenvalue weighted by Crippen LogP contribution is 2.35. The van der Waals surface area contributed by atoms with E-state index in [9.17, 15) is 4.79 Å². The number of nitrogens with one attached hydrogen (secondary N) is 1. The summed E-state index contributed by atoms with van der Waals surface area (Å²) in [7, 11) is 0. The molecular weight excluding hydrogens is 264 g/mol. The molecule has 4 heteroatoms. The van der Waals surface area contributed by atoms with E-state index in [0.717, 1.165) is 32.4 Å². The number of nitrogens with zero attached hydrogens (tertiary/aromatic N) is 1. The molecule has 2 aliphatic heterocycles. The number of aromatic nitrogens is 1. The van der Waals surface area contributed by atoms with Crippen LogP contribution in [0, 0.1) is 0 Å². The van der Waals surface area contributed by atoms with E-state index >= 15 is 0 Å². The van der Waals surface area contributed by atoms with Crippen molar-refractivity contribution in [2.45, 2.75) is 38.3 Å². The van der Waals surface area contributed by atoms with E-state index in [1.54, 1.807) is 0 Å². The van der Waals surface area contributed by atoms with Gasteiger partial charge in [0.25, 0.3) is 5.91 Å². The third-order valence-corrected chi connectivity index (χ3v) is 4.82. The Labute approximate surface area is 124 Å². The number of hydrogen-bond acceptors (Lipinski definition) is 2. The van der Waals surface area contributed by atoms with Crippen molar-refractivity contribution < 1.29 is 9.53 Å². The molecule has 4 rings (SSSR count). The largest absolute Gasteiger partial charge is 0.368 e. The number of H-pyrrole nitrogens is 1. The molecule has 0 saturated carbocycles. The molecule has 1 aromatic carbocycles. The van der Waals surface area contributed by atoms with E-state index in [-0.39, 0.29) is 18.1 Å². The van der Waals surface area contributed by atoms with Crippen LogP contribution in [0.15, 0.2) is 24.3 Å². The van der Waals surface area contributed by atoms with Gasteiger partial charge in [0.2, 0.25) is 0 Å². The second-order valence-corrected chi connectivity index (χ2v) is 6.02. The summed E-state index contributed by atoms with van der Waals surface area (Å²) in [6.45, 7) is 3.62. The average molecular weight is 284 g/mol. The average Bonchev–Trinajstić information content (AvgIpc) is 3.15. The molecule has 1 aromatic heterocycles. The highest BCUT2D eigenvalue weighted by Gasteiger charge is 2.35. The van der Waals surface area contributed by atoms with Gasteiger partial charge in [-0.1, -0.05) is 18.2 Å². The van der Waals surface area contributed by atoms with E-state index in [0.29, 0.717) is 0 Å². The van der Waals surface area contributed by atoms with E-state index < -0.39 is 0 Å². The Kier molecular flexibility index (Phi) is 3.00. The first-order chi connectivity index (χ1) is 10.3. The molecule has 2 unspecified atom stereocenters. The Balaban J connectivity index is 1.68. The molecule has 0 bridgehead atoms. The third kappa shape index (κ3) is 1.97. The molecule has 0 aliphatic carbocycles. The van der Waals surface area contributed by atoms with Crippen LogP contribution < -0.4 is 0 Å². The lowest BCUT2D eigenvalue weighted by atomic mass is 9.97. The van der Waals surface area contributed by atoms with E-state index in [1.165, 1.54) is 22.2 Å². The summed E-state index contributed by atoms with van der Waals surface area (Å²) in [6, 6.07) is 8.48. The van der Waals surface area contributed by atoms with Crippen molar-refractivity contribution in [3.05, 3.63) is 35.5 Å². The van der Waals surface area contributed by atoms with Gasteiger partial charge in [0, 0.05) is 29.7 Å².